The van der Waals surface area contributed by atoms with Gasteiger partial charge in [0, 0.05) is 38.9 Å². The Morgan fingerprint density at radius 1 is 1.13 bits per heavy atom. The number of carbonyl (C=O) groups is 3. The lowest BCUT2D eigenvalue weighted by molar-refractivity contribution is -0.138. The number of imide groups is 1. The molecule has 2 rings (SSSR count). The summed E-state index contributed by atoms with van der Waals surface area (Å²) in [5.41, 5.74) is 4.82. The lowest BCUT2D eigenvalue weighted by Gasteiger charge is -2.25. The molecule has 1 fully saturated rings. The van der Waals surface area contributed by atoms with Gasteiger partial charge in [0.1, 0.15) is 5.82 Å². The molecule has 0 aromatic carbocycles. The van der Waals surface area contributed by atoms with Gasteiger partial charge < -0.3 is 10.6 Å². The van der Waals surface area contributed by atoms with Gasteiger partial charge in [-0.25, -0.2) is 4.79 Å². The van der Waals surface area contributed by atoms with E-state index in [1.54, 1.807) is 0 Å². The van der Waals surface area contributed by atoms with E-state index in [2.05, 4.69) is 4.98 Å². The van der Waals surface area contributed by atoms with Crippen molar-refractivity contribution in [3.05, 3.63) is 20.8 Å². The van der Waals surface area contributed by atoms with E-state index in [0.29, 0.717) is 19.4 Å². The largest absolute Gasteiger partial charge is 0.383 e. The predicted molar refractivity (Wildman–Crippen MR) is 113 cm³/mol. The molecule has 1 aliphatic rings. The van der Waals surface area contributed by atoms with E-state index in [-0.39, 0.29) is 67.5 Å². The third-order valence-electron chi connectivity index (χ3n) is 5.00. The predicted octanol–water partition coefficient (Wildman–Crippen LogP) is 0.837. The number of aromatic amines is 1. The number of aromatic nitrogens is 2. The summed E-state index contributed by atoms with van der Waals surface area (Å²) in [7, 11) is 0. The van der Waals surface area contributed by atoms with Gasteiger partial charge in [0.2, 0.25) is 17.7 Å². The zero-order valence-electron chi connectivity index (χ0n) is 17.9. The number of nitrogens with one attached hydrogen (secondary N) is 1. The number of rotatable bonds is 10. The van der Waals surface area contributed by atoms with Gasteiger partial charge >= 0.3 is 5.69 Å². The average Bonchev–Trinajstić information content (AvgIpc) is 2.99. The molecule has 0 unspecified atom stereocenters. The van der Waals surface area contributed by atoms with E-state index in [9.17, 15) is 24.0 Å². The Hall–Kier alpha value is -2.91. The van der Waals surface area contributed by atoms with E-state index >= 15 is 0 Å². The maximum Gasteiger partial charge on any atom is 0.330 e. The Morgan fingerprint density at radius 2 is 1.77 bits per heavy atom. The van der Waals surface area contributed by atoms with Gasteiger partial charge in [0.05, 0.1) is 0 Å². The fourth-order valence-corrected chi connectivity index (χ4v) is 3.46. The van der Waals surface area contributed by atoms with Crippen LogP contribution < -0.4 is 21.9 Å². The summed E-state index contributed by atoms with van der Waals surface area (Å²) in [5.74, 6) is -0.714. The highest BCUT2D eigenvalue weighted by Crippen LogP contribution is 2.20. The number of nitrogens with zero attached hydrogens (tertiary/aromatic N) is 3. The third kappa shape index (κ3) is 5.37. The molecule has 0 radical (unpaired) electrons. The fraction of sp³-hybridized carbons (Fsp3) is 0.650. The van der Waals surface area contributed by atoms with Crippen LogP contribution in [0.15, 0.2) is 9.59 Å². The Bertz CT molecular complexity index is 901. The molecule has 0 spiro atoms. The van der Waals surface area contributed by atoms with Crippen LogP contribution in [0.4, 0.5) is 11.5 Å². The highest BCUT2D eigenvalue weighted by Gasteiger charge is 2.29. The fourth-order valence-electron chi connectivity index (χ4n) is 3.46. The average molecular weight is 421 g/mol. The van der Waals surface area contributed by atoms with E-state index in [4.69, 9.17) is 5.73 Å². The molecule has 30 heavy (non-hydrogen) atoms. The lowest BCUT2D eigenvalue weighted by atomic mass is 10.2. The second-order valence-corrected chi connectivity index (χ2v) is 7.94. The Morgan fingerprint density at radius 3 is 2.33 bits per heavy atom. The van der Waals surface area contributed by atoms with Crippen LogP contribution >= 0.6 is 0 Å². The first-order valence-corrected chi connectivity index (χ1v) is 10.4. The van der Waals surface area contributed by atoms with Crippen LogP contribution in [0.2, 0.25) is 0 Å². The van der Waals surface area contributed by atoms with Crippen LogP contribution in [0.1, 0.15) is 59.3 Å². The third-order valence-corrected chi connectivity index (χ3v) is 5.00. The van der Waals surface area contributed by atoms with Crippen LogP contribution in [0.25, 0.3) is 0 Å². The molecule has 0 atom stereocenters. The molecule has 1 aliphatic heterocycles. The van der Waals surface area contributed by atoms with E-state index in [0.717, 1.165) is 6.42 Å². The summed E-state index contributed by atoms with van der Waals surface area (Å²) < 4.78 is 1.27. The SMILES string of the molecule is CCCCN(C(=O)CCCN1C(=O)CCC1=O)c1c(N)n(CC(C)C)c(=O)[nH]c1=O. The maximum atomic E-state index is 13.0. The van der Waals surface area contributed by atoms with Gasteiger partial charge in [0.15, 0.2) is 5.69 Å². The minimum Gasteiger partial charge on any atom is -0.383 e. The number of nitrogen functional groups attached to an aromatic ring is 1. The summed E-state index contributed by atoms with van der Waals surface area (Å²) in [5, 5.41) is 0. The van der Waals surface area contributed by atoms with Crippen molar-refractivity contribution in [2.24, 2.45) is 5.92 Å². The molecule has 2 heterocycles. The van der Waals surface area contributed by atoms with Gasteiger partial charge in [0.25, 0.3) is 5.56 Å². The van der Waals surface area contributed by atoms with E-state index in [1.165, 1.54) is 14.4 Å². The van der Waals surface area contributed by atoms with Gasteiger partial charge in [-0.05, 0) is 18.8 Å². The number of carbonyl (C=O) groups excluding carboxylic acids is 3. The number of nitrogens with two attached hydrogens (primary N) is 1. The molecule has 10 heteroatoms. The Labute approximate surface area is 175 Å². The molecule has 10 nitrogen and oxygen atoms in total. The Balaban J connectivity index is 2.25. The minimum atomic E-state index is -0.702. The van der Waals surface area contributed by atoms with Crippen molar-refractivity contribution < 1.29 is 14.4 Å². The van der Waals surface area contributed by atoms with Gasteiger partial charge in [-0.3, -0.25) is 33.6 Å². The molecule has 166 valence electrons. The number of hydrogen-bond acceptors (Lipinski definition) is 6. The first-order valence-electron chi connectivity index (χ1n) is 10.4. The number of H-pyrrole nitrogens is 1. The lowest BCUT2D eigenvalue weighted by Crippen LogP contribution is -2.42. The number of unbranched alkanes of at least 4 members (excludes halogenated alkanes) is 1. The molecule has 0 bridgehead atoms. The van der Waals surface area contributed by atoms with E-state index in [1.807, 2.05) is 20.8 Å². The summed E-state index contributed by atoms with van der Waals surface area (Å²) in [4.78, 5) is 65.9. The van der Waals surface area contributed by atoms with Gasteiger partial charge in [-0.15, -0.1) is 0 Å². The second kappa shape index (κ2) is 10.2. The van der Waals surface area contributed by atoms with Crippen LogP contribution in [0.3, 0.4) is 0 Å². The first kappa shape index (κ1) is 23.4. The summed E-state index contributed by atoms with van der Waals surface area (Å²) in [6.07, 6.45) is 2.20. The molecule has 1 aromatic rings. The molecular formula is C20H31N5O5. The van der Waals surface area contributed by atoms with Crippen molar-refractivity contribution in [3.63, 3.8) is 0 Å². The van der Waals surface area contributed by atoms with Crippen LogP contribution in [0, 0.1) is 5.92 Å². The second-order valence-electron chi connectivity index (χ2n) is 7.94. The van der Waals surface area contributed by atoms with Crippen LogP contribution in [-0.2, 0) is 20.9 Å². The number of likely N-dealkylation sites (tertiary alicyclic amines) is 1. The molecule has 0 saturated carbocycles. The zero-order valence-corrected chi connectivity index (χ0v) is 17.9. The zero-order chi connectivity index (χ0) is 22.4. The topological polar surface area (TPSA) is 139 Å². The normalized spacial score (nSPS) is 14.1. The van der Waals surface area contributed by atoms with Crippen molar-refractivity contribution in [2.45, 2.75) is 65.8 Å². The molecular weight excluding hydrogens is 390 g/mol. The van der Waals surface area contributed by atoms with Crippen molar-refractivity contribution in [2.75, 3.05) is 23.7 Å². The van der Waals surface area contributed by atoms with Crippen LogP contribution in [0.5, 0.6) is 0 Å². The van der Waals surface area contributed by atoms with Crippen LogP contribution in [-0.4, -0.2) is 45.3 Å². The summed E-state index contributed by atoms with van der Waals surface area (Å²) >= 11 is 0. The molecule has 0 aliphatic carbocycles. The number of amides is 3. The maximum absolute atomic E-state index is 13.0. The summed E-state index contributed by atoms with van der Waals surface area (Å²) in [6.45, 7) is 6.55. The highest BCUT2D eigenvalue weighted by atomic mass is 16.2. The minimum absolute atomic E-state index is 0.0259. The first-order chi connectivity index (χ1) is 14.2. The molecule has 1 aromatic heterocycles. The molecule has 3 amide bonds. The quantitative estimate of drug-likeness (QED) is 0.537. The monoisotopic (exact) mass is 421 g/mol. The van der Waals surface area contributed by atoms with Crippen molar-refractivity contribution in [1.29, 1.82) is 0 Å². The smallest absolute Gasteiger partial charge is 0.330 e. The standard InChI is InChI=1S/C20H31N5O5/c1-4-5-10-24(14(26)7-6-11-23-15(27)8-9-16(23)28)17-18(21)25(12-13(2)3)20(30)22-19(17)29/h13H,4-12,21H2,1-3H3,(H,22,29,30). The number of anilines is 2. The van der Waals surface area contributed by atoms with Gasteiger partial charge in [-0.1, -0.05) is 27.2 Å². The summed E-state index contributed by atoms with van der Waals surface area (Å²) in [6, 6.07) is 0. The van der Waals surface area contributed by atoms with Crippen molar-refractivity contribution >= 4 is 29.2 Å². The van der Waals surface area contributed by atoms with Crippen molar-refractivity contribution in [1.82, 2.24) is 14.5 Å². The molecule has 1 saturated heterocycles. The van der Waals surface area contributed by atoms with Gasteiger partial charge in [-0.2, -0.15) is 0 Å². The Kier molecular flexibility index (Phi) is 7.96. The highest BCUT2D eigenvalue weighted by molar-refractivity contribution is 6.02. The molecule has 3 N–H and O–H groups in total. The number of hydrogen-bond donors (Lipinski definition) is 2. The van der Waals surface area contributed by atoms with Crippen molar-refractivity contribution in [3.8, 4) is 0 Å². The van der Waals surface area contributed by atoms with E-state index < -0.39 is 11.2 Å².